The van der Waals surface area contributed by atoms with Crippen molar-refractivity contribution in [3.8, 4) is 0 Å². The van der Waals surface area contributed by atoms with Crippen LogP contribution >= 0.6 is 12.2 Å². The molecule has 0 radical (unpaired) electrons. The normalized spacial score (nSPS) is 16.3. The maximum Gasteiger partial charge on any atom is 0.173 e. The number of benzene rings is 1. The number of nitrogens with one attached hydrogen (secondary N) is 1. The Labute approximate surface area is 115 Å². The van der Waals surface area contributed by atoms with Gasteiger partial charge in [0.1, 0.15) is 0 Å². The van der Waals surface area contributed by atoms with Crippen LogP contribution in [0, 0.1) is 6.92 Å². The van der Waals surface area contributed by atoms with E-state index in [-0.39, 0.29) is 0 Å². The third kappa shape index (κ3) is 3.45. The van der Waals surface area contributed by atoms with Crippen LogP contribution in [0.5, 0.6) is 0 Å². The highest BCUT2D eigenvalue weighted by Crippen LogP contribution is 2.22. The van der Waals surface area contributed by atoms with Crippen molar-refractivity contribution in [1.82, 2.24) is 4.90 Å². The second kappa shape index (κ2) is 6.19. The van der Waals surface area contributed by atoms with E-state index in [1.54, 1.807) is 0 Å². The molecule has 0 unspecified atom stereocenters. The molecule has 0 spiro atoms. The van der Waals surface area contributed by atoms with Crippen LogP contribution in [0.1, 0.15) is 37.7 Å². The van der Waals surface area contributed by atoms with Crippen LogP contribution in [-0.2, 0) is 0 Å². The molecule has 1 saturated carbocycles. The molecule has 0 bridgehead atoms. The molecule has 3 heteroatoms. The Morgan fingerprint density at radius 2 is 2.00 bits per heavy atom. The summed E-state index contributed by atoms with van der Waals surface area (Å²) in [7, 11) is 2.11. The van der Waals surface area contributed by atoms with Crippen molar-refractivity contribution in [3.63, 3.8) is 0 Å². The van der Waals surface area contributed by atoms with E-state index in [1.165, 1.54) is 37.7 Å². The van der Waals surface area contributed by atoms with Crippen LogP contribution in [0.25, 0.3) is 0 Å². The van der Waals surface area contributed by atoms with Gasteiger partial charge < -0.3 is 10.2 Å². The first-order chi connectivity index (χ1) is 8.66. The van der Waals surface area contributed by atoms with Crippen LogP contribution in [0.4, 0.5) is 5.69 Å². The number of hydrogen-bond acceptors (Lipinski definition) is 1. The molecule has 0 aromatic heterocycles. The van der Waals surface area contributed by atoms with Crippen LogP contribution < -0.4 is 5.32 Å². The zero-order valence-electron chi connectivity index (χ0n) is 11.3. The number of anilines is 1. The maximum absolute atomic E-state index is 5.50. The van der Waals surface area contributed by atoms with Crippen molar-refractivity contribution < 1.29 is 0 Å². The van der Waals surface area contributed by atoms with Gasteiger partial charge in [-0.05, 0) is 49.7 Å². The lowest BCUT2D eigenvalue weighted by Crippen LogP contribution is -2.40. The van der Waals surface area contributed by atoms with E-state index in [1.807, 2.05) is 0 Å². The molecule has 98 valence electrons. The van der Waals surface area contributed by atoms with Gasteiger partial charge in [-0.1, -0.05) is 31.4 Å². The largest absolute Gasteiger partial charge is 0.349 e. The van der Waals surface area contributed by atoms with Gasteiger partial charge in [-0.15, -0.1) is 0 Å². The lowest BCUT2D eigenvalue weighted by atomic mass is 9.95. The Bertz CT molecular complexity index is 411. The minimum atomic E-state index is 0.614. The molecule has 1 aliphatic carbocycles. The van der Waals surface area contributed by atoms with Gasteiger partial charge in [0.2, 0.25) is 0 Å². The predicted octanol–water partition coefficient (Wildman–Crippen LogP) is 3.96. The SMILES string of the molecule is Cc1cccc(NC(=S)N(C)C2CCCCC2)c1. The molecular formula is C15H22N2S. The zero-order chi connectivity index (χ0) is 13.0. The predicted molar refractivity (Wildman–Crippen MR) is 82.0 cm³/mol. The molecule has 0 atom stereocenters. The Morgan fingerprint density at radius 1 is 1.28 bits per heavy atom. The Hall–Kier alpha value is -1.09. The van der Waals surface area contributed by atoms with Gasteiger partial charge in [0.15, 0.2) is 5.11 Å². The summed E-state index contributed by atoms with van der Waals surface area (Å²) in [6.45, 7) is 2.10. The van der Waals surface area contributed by atoms with Crippen molar-refractivity contribution in [2.24, 2.45) is 0 Å². The summed E-state index contributed by atoms with van der Waals surface area (Å²) in [4.78, 5) is 2.23. The fraction of sp³-hybridized carbons (Fsp3) is 0.533. The summed E-state index contributed by atoms with van der Waals surface area (Å²) in [6.07, 6.45) is 6.59. The van der Waals surface area contributed by atoms with Gasteiger partial charge in [0, 0.05) is 18.8 Å². The molecule has 1 N–H and O–H groups in total. The van der Waals surface area contributed by atoms with Crippen molar-refractivity contribution in [2.45, 2.75) is 45.1 Å². The summed E-state index contributed by atoms with van der Waals surface area (Å²) in [5, 5.41) is 4.18. The van der Waals surface area contributed by atoms with E-state index in [0.29, 0.717) is 6.04 Å². The summed E-state index contributed by atoms with van der Waals surface area (Å²) in [6, 6.07) is 8.96. The van der Waals surface area contributed by atoms with Gasteiger partial charge in [-0.25, -0.2) is 0 Å². The minimum Gasteiger partial charge on any atom is -0.349 e. The fourth-order valence-corrected chi connectivity index (χ4v) is 2.84. The maximum atomic E-state index is 5.50. The van der Waals surface area contributed by atoms with E-state index < -0.39 is 0 Å². The number of rotatable bonds is 2. The molecule has 0 amide bonds. The van der Waals surface area contributed by atoms with Crippen molar-refractivity contribution in [2.75, 3.05) is 12.4 Å². The monoisotopic (exact) mass is 262 g/mol. The second-order valence-electron chi connectivity index (χ2n) is 5.20. The first-order valence-corrected chi connectivity index (χ1v) is 7.18. The molecule has 0 saturated heterocycles. The average Bonchev–Trinajstić information content (AvgIpc) is 2.39. The molecule has 1 aromatic rings. The third-order valence-electron chi connectivity index (χ3n) is 3.71. The summed E-state index contributed by atoms with van der Waals surface area (Å²) >= 11 is 5.50. The number of aryl methyl sites for hydroxylation is 1. The van der Waals surface area contributed by atoms with E-state index >= 15 is 0 Å². The molecular weight excluding hydrogens is 240 g/mol. The van der Waals surface area contributed by atoms with Crippen LogP contribution in [0.3, 0.4) is 0 Å². The van der Waals surface area contributed by atoms with Crippen molar-refractivity contribution in [1.29, 1.82) is 0 Å². The standard InChI is InChI=1S/C15H22N2S/c1-12-7-6-8-13(11-12)16-15(18)17(2)14-9-4-3-5-10-14/h6-8,11,14H,3-5,9-10H2,1-2H3,(H,16,18). The van der Waals surface area contributed by atoms with Crippen LogP contribution in [0.15, 0.2) is 24.3 Å². The molecule has 1 aromatic carbocycles. The second-order valence-corrected chi connectivity index (χ2v) is 5.59. The molecule has 0 aliphatic heterocycles. The highest BCUT2D eigenvalue weighted by atomic mass is 32.1. The summed E-state index contributed by atoms with van der Waals surface area (Å²) < 4.78 is 0. The van der Waals surface area contributed by atoms with Gasteiger partial charge in [-0.2, -0.15) is 0 Å². The van der Waals surface area contributed by atoms with Gasteiger partial charge >= 0.3 is 0 Å². The molecule has 0 heterocycles. The summed E-state index contributed by atoms with van der Waals surface area (Å²) in [5.74, 6) is 0. The van der Waals surface area contributed by atoms with Gasteiger partial charge in [0.25, 0.3) is 0 Å². The lowest BCUT2D eigenvalue weighted by molar-refractivity contribution is 0.281. The van der Waals surface area contributed by atoms with Crippen molar-refractivity contribution >= 4 is 23.0 Å². The number of nitrogens with zero attached hydrogens (tertiary/aromatic N) is 1. The summed E-state index contributed by atoms with van der Waals surface area (Å²) in [5.41, 5.74) is 2.34. The van der Waals surface area contributed by atoms with Crippen LogP contribution in [0.2, 0.25) is 0 Å². The van der Waals surface area contributed by atoms with E-state index in [9.17, 15) is 0 Å². The molecule has 18 heavy (non-hydrogen) atoms. The number of hydrogen-bond donors (Lipinski definition) is 1. The van der Waals surface area contributed by atoms with E-state index in [4.69, 9.17) is 12.2 Å². The first-order valence-electron chi connectivity index (χ1n) is 6.77. The lowest BCUT2D eigenvalue weighted by Gasteiger charge is -2.33. The van der Waals surface area contributed by atoms with E-state index in [0.717, 1.165) is 10.8 Å². The highest BCUT2D eigenvalue weighted by molar-refractivity contribution is 7.80. The van der Waals surface area contributed by atoms with E-state index in [2.05, 4.69) is 48.5 Å². The van der Waals surface area contributed by atoms with Crippen molar-refractivity contribution in [3.05, 3.63) is 29.8 Å². The Kier molecular flexibility index (Phi) is 4.59. The third-order valence-corrected chi connectivity index (χ3v) is 4.10. The minimum absolute atomic E-state index is 0.614. The molecule has 1 aliphatic rings. The molecule has 2 rings (SSSR count). The van der Waals surface area contributed by atoms with Crippen LogP contribution in [-0.4, -0.2) is 23.1 Å². The quantitative estimate of drug-likeness (QED) is 0.812. The first kappa shape index (κ1) is 13.3. The topological polar surface area (TPSA) is 15.3 Å². The molecule has 1 fully saturated rings. The number of thiocarbonyl (C=S) groups is 1. The smallest absolute Gasteiger partial charge is 0.173 e. The molecule has 2 nitrogen and oxygen atoms in total. The van der Waals surface area contributed by atoms with Gasteiger partial charge in [-0.3, -0.25) is 0 Å². The highest BCUT2D eigenvalue weighted by Gasteiger charge is 2.19. The Balaban J connectivity index is 1.94. The fourth-order valence-electron chi connectivity index (χ4n) is 2.57. The zero-order valence-corrected chi connectivity index (χ0v) is 12.1. The average molecular weight is 262 g/mol. The van der Waals surface area contributed by atoms with Gasteiger partial charge in [0.05, 0.1) is 0 Å². The Morgan fingerprint density at radius 3 is 2.67 bits per heavy atom.